The first-order valence-corrected chi connectivity index (χ1v) is 6.49. The highest BCUT2D eigenvalue weighted by molar-refractivity contribution is 4.82. The second-order valence-corrected chi connectivity index (χ2v) is 4.62. The van der Waals surface area contributed by atoms with E-state index < -0.39 is 0 Å². The van der Waals surface area contributed by atoms with Crippen LogP contribution in [-0.2, 0) is 0 Å². The molecule has 1 nitrogen and oxygen atoms in total. The third-order valence-corrected chi connectivity index (χ3v) is 3.26. The van der Waals surface area contributed by atoms with Crippen molar-refractivity contribution in [2.75, 3.05) is 6.61 Å². The van der Waals surface area contributed by atoms with Crippen LogP contribution < -0.4 is 0 Å². The lowest BCUT2D eigenvalue weighted by atomic mass is 9.90. The Kier molecular flexibility index (Phi) is 10.0. The van der Waals surface area contributed by atoms with Gasteiger partial charge >= 0.3 is 0 Å². The Hall–Kier alpha value is -0.300. The predicted molar refractivity (Wildman–Crippen MR) is 67.9 cm³/mol. The van der Waals surface area contributed by atoms with Gasteiger partial charge in [0.15, 0.2) is 0 Å². The zero-order chi connectivity index (χ0) is 11.5. The fraction of sp³-hybridized carbons (Fsp3) is 0.857. The lowest BCUT2D eigenvalue weighted by molar-refractivity contribution is 0.208. The van der Waals surface area contributed by atoms with E-state index in [0.717, 1.165) is 0 Å². The van der Waals surface area contributed by atoms with Crippen molar-refractivity contribution in [3.05, 3.63) is 12.7 Å². The molecule has 0 spiro atoms. The number of hydrogen-bond acceptors (Lipinski definition) is 1. The van der Waals surface area contributed by atoms with Gasteiger partial charge in [0.25, 0.3) is 0 Å². The van der Waals surface area contributed by atoms with E-state index in [1.54, 1.807) is 0 Å². The molecule has 0 aliphatic rings. The van der Waals surface area contributed by atoms with Gasteiger partial charge in [-0.2, -0.15) is 0 Å². The van der Waals surface area contributed by atoms with E-state index in [-0.39, 0.29) is 6.61 Å². The Morgan fingerprint density at radius 3 is 2.27 bits per heavy atom. The fourth-order valence-corrected chi connectivity index (χ4v) is 1.95. The molecule has 0 saturated heterocycles. The summed E-state index contributed by atoms with van der Waals surface area (Å²) in [6.45, 7) is 8.48. The lowest BCUT2D eigenvalue weighted by Gasteiger charge is -2.17. The van der Waals surface area contributed by atoms with Gasteiger partial charge in [-0.15, -0.1) is 6.58 Å². The first kappa shape index (κ1) is 14.7. The zero-order valence-electron chi connectivity index (χ0n) is 10.5. The van der Waals surface area contributed by atoms with Gasteiger partial charge in [0.1, 0.15) is 0 Å². The highest BCUT2D eigenvalue weighted by atomic mass is 16.3. The summed E-state index contributed by atoms with van der Waals surface area (Å²) in [6.07, 6.45) is 11.2. The Bertz CT molecular complexity index is 142. The molecule has 90 valence electrons. The van der Waals surface area contributed by atoms with Crippen molar-refractivity contribution < 1.29 is 5.11 Å². The van der Waals surface area contributed by atoms with Crippen molar-refractivity contribution in [2.45, 2.75) is 58.8 Å². The summed E-state index contributed by atoms with van der Waals surface area (Å²) in [6, 6.07) is 0. The van der Waals surface area contributed by atoms with Crippen molar-refractivity contribution in [1.29, 1.82) is 0 Å². The van der Waals surface area contributed by atoms with Crippen LogP contribution in [0.4, 0.5) is 0 Å². The molecular formula is C14H28O. The second-order valence-electron chi connectivity index (χ2n) is 4.62. The summed E-state index contributed by atoms with van der Waals surface area (Å²) in [5, 5.41) is 9.10. The minimum atomic E-state index is 0.250. The van der Waals surface area contributed by atoms with E-state index in [1.807, 2.05) is 6.08 Å². The Morgan fingerprint density at radius 1 is 1.13 bits per heavy atom. The number of unbranched alkanes of at least 4 members (excludes halogenated alkanes) is 5. The summed E-state index contributed by atoms with van der Waals surface area (Å²) in [5.74, 6) is 0.874. The standard InChI is InChI=1S/C14H28O/c1-4-6-7-8-9-10-11-13(3)14(5-2)12-15/h5,13-15H,2,4,6-12H2,1,3H3. The van der Waals surface area contributed by atoms with Gasteiger partial charge in [0.2, 0.25) is 0 Å². The molecule has 0 aromatic carbocycles. The summed E-state index contributed by atoms with van der Waals surface area (Å²) < 4.78 is 0. The third kappa shape index (κ3) is 7.61. The smallest absolute Gasteiger partial charge is 0.0496 e. The Labute approximate surface area is 95.6 Å². The van der Waals surface area contributed by atoms with Gasteiger partial charge in [-0.3, -0.25) is 0 Å². The third-order valence-electron chi connectivity index (χ3n) is 3.26. The highest BCUT2D eigenvalue weighted by Crippen LogP contribution is 2.19. The highest BCUT2D eigenvalue weighted by Gasteiger charge is 2.11. The largest absolute Gasteiger partial charge is 0.396 e. The molecular weight excluding hydrogens is 184 g/mol. The van der Waals surface area contributed by atoms with Crippen LogP contribution in [0.15, 0.2) is 12.7 Å². The average molecular weight is 212 g/mol. The number of hydrogen-bond donors (Lipinski definition) is 1. The quantitative estimate of drug-likeness (QED) is 0.426. The summed E-state index contributed by atoms with van der Waals surface area (Å²) in [4.78, 5) is 0. The van der Waals surface area contributed by atoms with Gasteiger partial charge in [-0.25, -0.2) is 0 Å². The van der Waals surface area contributed by atoms with Crippen LogP contribution in [0, 0.1) is 11.8 Å². The van der Waals surface area contributed by atoms with Crippen LogP contribution in [0.2, 0.25) is 0 Å². The van der Waals surface area contributed by atoms with Gasteiger partial charge in [0, 0.05) is 12.5 Å². The van der Waals surface area contributed by atoms with Crippen LogP contribution in [0.1, 0.15) is 58.8 Å². The first-order chi connectivity index (χ1) is 7.26. The Morgan fingerprint density at radius 2 is 1.73 bits per heavy atom. The molecule has 0 aliphatic carbocycles. The second kappa shape index (κ2) is 10.2. The van der Waals surface area contributed by atoms with Crippen LogP contribution in [0.5, 0.6) is 0 Å². The van der Waals surface area contributed by atoms with Crippen LogP contribution in [0.3, 0.4) is 0 Å². The molecule has 0 aliphatic heterocycles. The minimum Gasteiger partial charge on any atom is -0.396 e. The SMILES string of the molecule is C=CC(CO)C(C)CCCCCCCC. The van der Waals surface area contributed by atoms with Gasteiger partial charge < -0.3 is 5.11 Å². The molecule has 0 amide bonds. The van der Waals surface area contributed by atoms with E-state index in [2.05, 4.69) is 20.4 Å². The van der Waals surface area contributed by atoms with Gasteiger partial charge in [-0.05, 0) is 5.92 Å². The van der Waals surface area contributed by atoms with Crippen molar-refractivity contribution in [3.63, 3.8) is 0 Å². The van der Waals surface area contributed by atoms with E-state index >= 15 is 0 Å². The molecule has 0 rings (SSSR count). The first-order valence-electron chi connectivity index (χ1n) is 6.49. The van der Waals surface area contributed by atoms with Crippen LogP contribution >= 0.6 is 0 Å². The summed E-state index contributed by atoms with van der Waals surface area (Å²) >= 11 is 0. The van der Waals surface area contributed by atoms with E-state index in [0.29, 0.717) is 11.8 Å². The normalized spacial score (nSPS) is 14.9. The molecule has 2 unspecified atom stereocenters. The molecule has 0 saturated carbocycles. The zero-order valence-corrected chi connectivity index (χ0v) is 10.5. The molecule has 1 N–H and O–H groups in total. The van der Waals surface area contributed by atoms with Crippen LogP contribution in [-0.4, -0.2) is 11.7 Å². The predicted octanol–water partition coefficient (Wildman–Crippen LogP) is 4.17. The summed E-state index contributed by atoms with van der Waals surface area (Å²) in [7, 11) is 0. The number of aliphatic hydroxyl groups is 1. The molecule has 0 radical (unpaired) electrons. The molecule has 0 heterocycles. The monoisotopic (exact) mass is 212 g/mol. The van der Waals surface area contributed by atoms with Crippen molar-refractivity contribution >= 4 is 0 Å². The maximum atomic E-state index is 9.10. The molecule has 15 heavy (non-hydrogen) atoms. The molecule has 0 aromatic rings. The lowest BCUT2D eigenvalue weighted by Crippen LogP contribution is -2.13. The molecule has 1 heteroatoms. The molecule has 0 fully saturated rings. The Balaban J connectivity index is 3.37. The molecule has 0 aromatic heterocycles. The van der Waals surface area contributed by atoms with E-state index in [9.17, 15) is 0 Å². The number of rotatable bonds is 10. The van der Waals surface area contributed by atoms with Crippen LogP contribution in [0.25, 0.3) is 0 Å². The van der Waals surface area contributed by atoms with Crippen molar-refractivity contribution in [2.24, 2.45) is 11.8 Å². The topological polar surface area (TPSA) is 20.2 Å². The maximum absolute atomic E-state index is 9.10. The summed E-state index contributed by atoms with van der Waals surface area (Å²) in [5.41, 5.74) is 0. The fourth-order valence-electron chi connectivity index (χ4n) is 1.95. The molecule has 0 bridgehead atoms. The van der Waals surface area contributed by atoms with Crippen molar-refractivity contribution in [3.8, 4) is 0 Å². The van der Waals surface area contributed by atoms with Crippen molar-refractivity contribution in [1.82, 2.24) is 0 Å². The van der Waals surface area contributed by atoms with E-state index in [4.69, 9.17) is 5.11 Å². The van der Waals surface area contributed by atoms with E-state index in [1.165, 1.54) is 44.9 Å². The van der Waals surface area contributed by atoms with Gasteiger partial charge in [-0.1, -0.05) is 64.9 Å². The minimum absolute atomic E-state index is 0.250. The van der Waals surface area contributed by atoms with Gasteiger partial charge in [0.05, 0.1) is 0 Å². The molecule has 2 atom stereocenters. The average Bonchev–Trinajstić information content (AvgIpc) is 2.25. The number of aliphatic hydroxyl groups excluding tert-OH is 1. The maximum Gasteiger partial charge on any atom is 0.0496 e.